The summed E-state index contributed by atoms with van der Waals surface area (Å²) in [5, 5.41) is 12.6. The molecule has 20 heavy (non-hydrogen) atoms. The van der Waals surface area contributed by atoms with Crippen molar-refractivity contribution in [3.63, 3.8) is 0 Å². The molecule has 0 radical (unpaired) electrons. The SMILES string of the molecule is CCNC(CSCC(C)CO)c1cc(C)ccc1OC. The second-order valence-corrected chi connectivity index (χ2v) is 6.26. The van der Waals surface area contributed by atoms with Gasteiger partial charge < -0.3 is 15.2 Å². The predicted octanol–water partition coefficient (Wildman–Crippen LogP) is 3.02. The lowest BCUT2D eigenvalue weighted by atomic mass is 10.0. The Morgan fingerprint density at radius 3 is 2.70 bits per heavy atom. The summed E-state index contributed by atoms with van der Waals surface area (Å²) in [6.07, 6.45) is 0. The third-order valence-electron chi connectivity index (χ3n) is 3.21. The average molecular weight is 297 g/mol. The molecule has 0 aliphatic carbocycles. The summed E-state index contributed by atoms with van der Waals surface area (Å²) >= 11 is 1.88. The van der Waals surface area contributed by atoms with Gasteiger partial charge in [-0.2, -0.15) is 11.8 Å². The first-order chi connectivity index (χ1) is 9.62. The zero-order valence-corrected chi connectivity index (χ0v) is 13.8. The molecule has 0 aliphatic rings. The zero-order chi connectivity index (χ0) is 15.0. The molecule has 0 bridgehead atoms. The highest BCUT2D eigenvalue weighted by atomic mass is 32.2. The fourth-order valence-electron chi connectivity index (χ4n) is 2.07. The summed E-state index contributed by atoms with van der Waals surface area (Å²) in [7, 11) is 1.72. The van der Waals surface area contributed by atoms with E-state index < -0.39 is 0 Å². The minimum atomic E-state index is 0.257. The van der Waals surface area contributed by atoms with Gasteiger partial charge in [-0.25, -0.2) is 0 Å². The largest absolute Gasteiger partial charge is 0.496 e. The molecule has 0 fully saturated rings. The predicted molar refractivity (Wildman–Crippen MR) is 87.7 cm³/mol. The number of aliphatic hydroxyl groups excluding tert-OH is 1. The Morgan fingerprint density at radius 2 is 2.10 bits per heavy atom. The van der Waals surface area contributed by atoms with Crippen LogP contribution in [0.25, 0.3) is 0 Å². The van der Waals surface area contributed by atoms with E-state index in [4.69, 9.17) is 9.84 Å². The Bertz CT molecular complexity index is 398. The van der Waals surface area contributed by atoms with Gasteiger partial charge in [-0.05, 0) is 31.2 Å². The van der Waals surface area contributed by atoms with Crippen LogP contribution in [0, 0.1) is 12.8 Å². The Morgan fingerprint density at radius 1 is 1.35 bits per heavy atom. The van der Waals surface area contributed by atoms with Crippen molar-refractivity contribution in [2.45, 2.75) is 26.8 Å². The first-order valence-electron chi connectivity index (χ1n) is 7.18. The molecule has 0 saturated heterocycles. The number of aliphatic hydroxyl groups is 1. The maximum atomic E-state index is 9.09. The molecule has 4 heteroatoms. The summed E-state index contributed by atoms with van der Waals surface area (Å²) in [4.78, 5) is 0. The van der Waals surface area contributed by atoms with E-state index in [-0.39, 0.29) is 12.6 Å². The van der Waals surface area contributed by atoms with Gasteiger partial charge in [0.05, 0.1) is 7.11 Å². The quantitative estimate of drug-likeness (QED) is 0.735. The lowest BCUT2D eigenvalue weighted by Gasteiger charge is -2.21. The lowest BCUT2D eigenvalue weighted by Crippen LogP contribution is -2.24. The average Bonchev–Trinajstić information content (AvgIpc) is 2.46. The zero-order valence-electron chi connectivity index (χ0n) is 13.0. The molecule has 2 unspecified atom stereocenters. The van der Waals surface area contributed by atoms with Gasteiger partial charge in [0.1, 0.15) is 5.75 Å². The number of ether oxygens (including phenoxy) is 1. The van der Waals surface area contributed by atoms with Gasteiger partial charge in [0.25, 0.3) is 0 Å². The monoisotopic (exact) mass is 297 g/mol. The number of hydrogen-bond acceptors (Lipinski definition) is 4. The van der Waals surface area contributed by atoms with E-state index in [2.05, 4.69) is 38.2 Å². The van der Waals surface area contributed by atoms with Gasteiger partial charge in [0.2, 0.25) is 0 Å². The molecule has 1 rings (SSSR count). The number of aryl methyl sites for hydroxylation is 1. The third-order valence-corrected chi connectivity index (χ3v) is 4.58. The molecule has 114 valence electrons. The highest BCUT2D eigenvalue weighted by Crippen LogP contribution is 2.29. The van der Waals surface area contributed by atoms with Gasteiger partial charge in [-0.1, -0.05) is 31.5 Å². The van der Waals surface area contributed by atoms with Crippen molar-refractivity contribution in [2.24, 2.45) is 5.92 Å². The van der Waals surface area contributed by atoms with E-state index in [0.717, 1.165) is 23.8 Å². The Labute approximate surface area is 127 Å². The van der Waals surface area contributed by atoms with Crippen LogP contribution in [-0.4, -0.2) is 36.9 Å². The highest BCUT2D eigenvalue weighted by molar-refractivity contribution is 7.99. The Kier molecular flexibility index (Phi) is 8.04. The molecule has 0 saturated carbocycles. The van der Waals surface area contributed by atoms with Crippen LogP contribution < -0.4 is 10.1 Å². The van der Waals surface area contributed by atoms with Gasteiger partial charge in [0.15, 0.2) is 0 Å². The van der Waals surface area contributed by atoms with Gasteiger partial charge in [-0.3, -0.25) is 0 Å². The molecule has 0 amide bonds. The molecule has 0 aromatic heterocycles. The van der Waals surface area contributed by atoms with Crippen molar-refractivity contribution in [3.8, 4) is 5.75 Å². The van der Waals surface area contributed by atoms with Crippen LogP contribution >= 0.6 is 11.8 Å². The van der Waals surface area contributed by atoms with E-state index >= 15 is 0 Å². The van der Waals surface area contributed by atoms with Crippen LogP contribution in [0.2, 0.25) is 0 Å². The van der Waals surface area contributed by atoms with Crippen molar-refractivity contribution in [1.82, 2.24) is 5.32 Å². The van der Waals surface area contributed by atoms with Crippen LogP contribution in [0.4, 0.5) is 0 Å². The third kappa shape index (κ3) is 5.35. The Balaban J connectivity index is 2.76. The molecule has 3 nitrogen and oxygen atoms in total. The molecule has 0 spiro atoms. The summed E-state index contributed by atoms with van der Waals surface area (Å²) in [5.41, 5.74) is 2.47. The first kappa shape index (κ1) is 17.3. The smallest absolute Gasteiger partial charge is 0.123 e. The van der Waals surface area contributed by atoms with Crippen LogP contribution in [0.1, 0.15) is 31.0 Å². The first-order valence-corrected chi connectivity index (χ1v) is 8.34. The lowest BCUT2D eigenvalue weighted by molar-refractivity contribution is 0.250. The van der Waals surface area contributed by atoms with Crippen molar-refractivity contribution >= 4 is 11.8 Å². The molecule has 0 aliphatic heterocycles. The van der Waals surface area contributed by atoms with Crippen LogP contribution in [0.5, 0.6) is 5.75 Å². The Hall–Kier alpha value is -0.710. The number of methoxy groups -OCH3 is 1. The van der Waals surface area contributed by atoms with Crippen LogP contribution in [0.15, 0.2) is 18.2 Å². The van der Waals surface area contributed by atoms with E-state index in [1.54, 1.807) is 7.11 Å². The fourth-order valence-corrected chi connectivity index (χ4v) is 3.25. The van der Waals surface area contributed by atoms with Crippen LogP contribution in [-0.2, 0) is 0 Å². The fraction of sp³-hybridized carbons (Fsp3) is 0.625. The number of benzene rings is 1. The van der Waals surface area contributed by atoms with Gasteiger partial charge in [0, 0.05) is 24.0 Å². The maximum Gasteiger partial charge on any atom is 0.123 e. The summed E-state index contributed by atoms with van der Waals surface area (Å²) in [5.74, 6) is 3.25. The second-order valence-electron chi connectivity index (χ2n) is 5.18. The van der Waals surface area contributed by atoms with Gasteiger partial charge in [-0.15, -0.1) is 0 Å². The van der Waals surface area contributed by atoms with E-state index in [9.17, 15) is 0 Å². The minimum absolute atomic E-state index is 0.257. The molecule has 2 atom stereocenters. The summed E-state index contributed by atoms with van der Waals surface area (Å²) in [6, 6.07) is 6.59. The van der Waals surface area contributed by atoms with Crippen molar-refractivity contribution < 1.29 is 9.84 Å². The number of nitrogens with one attached hydrogen (secondary N) is 1. The topological polar surface area (TPSA) is 41.5 Å². The van der Waals surface area contributed by atoms with Gasteiger partial charge >= 0.3 is 0 Å². The maximum absolute atomic E-state index is 9.09. The van der Waals surface area contributed by atoms with Crippen molar-refractivity contribution in [3.05, 3.63) is 29.3 Å². The standard InChI is InChI=1S/C16H27NO2S/c1-5-17-15(11-20-10-13(3)9-18)14-8-12(2)6-7-16(14)19-4/h6-8,13,15,17-18H,5,9-11H2,1-4H3. The van der Waals surface area contributed by atoms with Crippen molar-refractivity contribution in [2.75, 3.05) is 31.8 Å². The molecule has 1 aromatic rings. The van der Waals surface area contributed by atoms with Crippen LogP contribution in [0.3, 0.4) is 0 Å². The summed E-state index contributed by atoms with van der Waals surface area (Å²) < 4.78 is 5.49. The number of thioether (sulfide) groups is 1. The summed E-state index contributed by atoms with van der Waals surface area (Å²) in [6.45, 7) is 7.48. The minimum Gasteiger partial charge on any atom is -0.496 e. The molecule has 1 aromatic carbocycles. The normalized spacial score (nSPS) is 14.1. The molecular weight excluding hydrogens is 270 g/mol. The highest BCUT2D eigenvalue weighted by Gasteiger charge is 2.16. The van der Waals surface area contributed by atoms with Crippen molar-refractivity contribution in [1.29, 1.82) is 0 Å². The van der Waals surface area contributed by atoms with E-state index in [1.807, 2.05) is 17.8 Å². The number of hydrogen-bond donors (Lipinski definition) is 2. The van der Waals surface area contributed by atoms with E-state index in [1.165, 1.54) is 11.1 Å². The number of rotatable bonds is 9. The second kappa shape index (κ2) is 9.27. The molecular formula is C16H27NO2S. The molecule has 2 N–H and O–H groups in total. The van der Waals surface area contributed by atoms with E-state index in [0.29, 0.717) is 5.92 Å². The molecule has 0 heterocycles.